The average Bonchev–Trinajstić information content (AvgIpc) is 3.33. The summed E-state index contributed by atoms with van der Waals surface area (Å²) in [5, 5.41) is 6.01. The largest absolute Gasteiger partial charge is 0.339 e. The third kappa shape index (κ3) is 2.89. The number of aromatic nitrogens is 2. The number of hydrogen-bond acceptors (Lipinski definition) is 2. The fourth-order valence-corrected chi connectivity index (χ4v) is 3.73. The number of nitrogens with one attached hydrogen (secondary N) is 1. The minimum Gasteiger partial charge on any atom is -0.339 e. The van der Waals surface area contributed by atoms with Crippen LogP contribution in [-0.4, -0.2) is 21.9 Å². The molecule has 0 radical (unpaired) electrons. The number of benzene rings is 3. The summed E-state index contributed by atoms with van der Waals surface area (Å²) < 4.78 is 2.20. The lowest BCUT2D eigenvalue weighted by Crippen LogP contribution is -2.09. The van der Waals surface area contributed by atoms with Crippen LogP contribution >= 0.6 is 0 Å². The average molecular weight is 352 g/mol. The lowest BCUT2D eigenvalue weighted by Gasteiger charge is -2.07. The smallest absolute Gasteiger partial charge is 0.139 e. The molecular weight excluding hydrogens is 332 g/mol. The Morgan fingerprint density at radius 2 is 1.78 bits per heavy atom. The lowest BCUT2D eigenvalue weighted by molar-refractivity contribution is 0.657. The molecule has 0 saturated carbocycles. The van der Waals surface area contributed by atoms with Gasteiger partial charge in [0.25, 0.3) is 0 Å². The quantitative estimate of drug-likeness (QED) is 0.516. The molecule has 1 aliphatic rings. The summed E-state index contributed by atoms with van der Waals surface area (Å²) in [7, 11) is 0. The zero-order valence-corrected chi connectivity index (χ0v) is 15.0. The van der Waals surface area contributed by atoms with Gasteiger partial charge in [-0.25, -0.2) is 4.98 Å². The summed E-state index contributed by atoms with van der Waals surface area (Å²) in [5.74, 6) is 2.00. The van der Waals surface area contributed by atoms with E-state index in [2.05, 4.69) is 63.4 Å². The zero-order chi connectivity index (χ0) is 18.1. The van der Waals surface area contributed by atoms with Crippen molar-refractivity contribution in [3.8, 4) is 11.4 Å². The Hall–Kier alpha value is -3.40. The normalized spacial score (nSPS) is 14.0. The van der Waals surface area contributed by atoms with Gasteiger partial charge in [-0.1, -0.05) is 60.7 Å². The summed E-state index contributed by atoms with van der Waals surface area (Å²) in [6, 6.07) is 23.1. The van der Waals surface area contributed by atoms with Crippen molar-refractivity contribution < 1.29 is 0 Å². The number of amidine groups is 1. The molecule has 0 unspecified atom stereocenters. The summed E-state index contributed by atoms with van der Waals surface area (Å²) in [6.07, 6.45) is 4.87. The Morgan fingerprint density at radius 1 is 0.926 bits per heavy atom. The van der Waals surface area contributed by atoms with Gasteiger partial charge >= 0.3 is 0 Å². The first-order valence-electron chi connectivity index (χ1n) is 9.30. The zero-order valence-electron chi connectivity index (χ0n) is 15.0. The van der Waals surface area contributed by atoms with Crippen LogP contribution in [-0.2, 0) is 6.54 Å². The van der Waals surface area contributed by atoms with Gasteiger partial charge in [-0.2, -0.15) is 0 Å². The number of hydrogen-bond donors (Lipinski definition) is 1. The van der Waals surface area contributed by atoms with Crippen LogP contribution in [0.3, 0.4) is 0 Å². The van der Waals surface area contributed by atoms with Gasteiger partial charge in [0.2, 0.25) is 0 Å². The topological polar surface area (TPSA) is 42.2 Å². The van der Waals surface area contributed by atoms with Crippen LogP contribution in [0.4, 0.5) is 5.69 Å². The van der Waals surface area contributed by atoms with Crippen molar-refractivity contribution in [2.75, 3.05) is 11.9 Å². The van der Waals surface area contributed by atoms with E-state index in [4.69, 9.17) is 4.99 Å². The first-order valence-corrected chi connectivity index (χ1v) is 9.30. The minimum atomic E-state index is 0.777. The Balaban J connectivity index is 1.30. The molecule has 1 aromatic heterocycles. The van der Waals surface area contributed by atoms with E-state index in [9.17, 15) is 0 Å². The van der Waals surface area contributed by atoms with Gasteiger partial charge < -0.3 is 9.88 Å². The molecule has 2 heterocycles. The maximum Gasteiger partial charge on any atom is 0.139 e. The van der Waals surface area contributed by atoms with Crippen LogP contribution in [0.2, 0.25) is 0 Å². The van der Waals surface area contributed by atoms with Gasteiger partial charge in [0.15, 0.2) is 0 Å². The van der Waals surface area contributed by atoms with Crippen molar-refractivity contribution in [1.29, 1.82) is 0 Å². The van der Waals surface area contributed by atoms with Gasteiger partial charge in [0.1, 0.15) is 11.7 Å². The highest BCUT2D eigenvalue weighted by Crippen LogP contribution is 2.32. The third-order valence-electron chi connectivity index (χ3n) is 4.99. The highest BCUT2D eigenvalue weighted by atomic mass is 15.1. The first kappa shape index (κ1) is 15.8. The second-order valence-corrected chi connectivity index (χ2v) is 6.73. The molecule has 5 rings (SSSR count). The SMILES string of the molecule is c1ccc(-c2nccn2CCCN=C2Nc3cccc4cccc2c34)cc1. The number of aryl methyl sites for hydroxylation is 1. The van der Waals surface area contributed by atoms with E-state index in [1.807, 2.05) is 30.6 Å². The number of aliphatic imine (C=N–C) groups is 1. The van der Waals surface area contributed by atoms with E-state index >= 15 is 0 Å². The summed E-state index contributed by atoms with van der Waals surface area (Å²) in [6.45, 7) is 1.68. The molecule has 0 aliphatic carbocycles. The molecule has 4 nitrogen and oxygen atoms in total. The Labute approximate surface area is 158 Å². The summed E-state index contributed by atoms with van der Waals surface area (Å²) in [5.41, 5.74) is 3.51. The molecular formula is C23H20N4. The molecule has 0 atom stereocenters. The third-order valence-corrected chi connectivity index (χ3v) is 4.99. The number of anilines is 1. The maximum atomic E-state index is 4.84. The van der Waals surface area contributed by atoms with Crippen molar-refractivity contribution in [1.82, 2.24) is 9.55 Å². The van der Waals surface area contributed by atoms with Gasteiger partial charge in [-0.3, -0.25) is 4.99 Å². The van der Waals surface area contributed by atoms with E-state index in [1.165, 1.54) is 16.3 Å². The molecule has 1 aliphatic heterocycles. The highest BCUT2D eigenvalue weighted by Gasteiger charge is 2.18. The molecule has 3 aromatic carbocycles. The van der Waals surface area contributed by atoms with Crippen LogP contribution in [0, 0.1) is 0 Å². The van der Waals surface area contributed by atoms with Crippen LogP contribution in [0.5, 0.6) is 0 Å². The highest BCUT2D eigenvalue weighted by molar-refractivity contribution is 6.25. The fourth-order valence-electron chi connectivity index (χ4n) is 3.73. The predicted octanol–water partition coefficient (Wildman–Crippen LogP) is 4.97. The molecule has 4 aromatic rings. The van der Waals surface area contributed by atoms with Crippen molar-refractivity contribution in [2.24, 2.45) is 4.99 Å². The van der Waals surface area contributed by atoms with Crippen LogP contribution < -0.4 is 5.32 Å². The number of imidazole rings is 1. The minimum absolute atomic E-state index is 0.777. The van der Waals surface area contributed by atoms with Gasteiger partial charge in [0, 0.05) is 47.7 Å². The Kier molecular flexibility index (Phi) is 3.94. The molecule has 1 N–H and O–H groups in total. The number of nitrogens with zero attached hydrogens (tertiary/aromatic N) is 3. The second-order valence-electron chi connectivity index (χ2n) is 6.73. The van der Waals surface area contributed by atoms with E-state index in [-0.39, 0.29) is 0 Å². The van der Waals surface area contributed by atoms with Gasteiger partial charge in [0.05, 0.1) is 0 Å². The Morgan fingerprint density at radius 3 is 2.67 bits per heavy atom. The molecule has 132 valence electrons. The van der Waals surface area contributed by atoms with Crippen LogP contribution in [0.25, 0.3) is 22.2 Å². The maximum absolute atomic E-state index is 4.84. The van der Waals surface area contributed by atoms with Crippen molar-refractivity contribution in [3.05, 3.63) is 84.7 Å². The van der Waals surface area contributed by atoms with Gasteiger partial charge in [-0.05, 0) is 17.9 Å². The predicted molar refractivity (Wildman–Crippen MR) is 111 cm³/mol. The second kappa shape index (κ2) is 6.72. The monoisotopic (exact) mass is 352 g/mol. The molecule has 0 spiro atoms. The Bertz CT molecular complexity index is 1120. The molecule has 0 bridgehead atoms. The van der Waals surface area contributed by atoms with E-state index in [1.54, 1.807) is 0 Å². The molecule has 0 saturated heterocycles. The first-order chi connectivity index (χ1) is 13.4. The fraction of sp³-hybridized carbons (Fsp3) is 0.130. The van der Waals surface area contributed by atoms with Crippen molar-refractivity contribution in [3.63, 3.8) is 0 Å². The van der Waals surface area contributed by atoms with E-state index < -0.39 is 0 Å². The number of rotatable bonds is 5. The van der Waals surface area contributed by atoms with Crippen molar-refractivity contribution in [2.45, 2.75) is 13.0 Å². The molecule has 4 heteroatoms. The molecule has 27 heavy (non-hydrogen) atoms. The van der Waals surface area contributed by atoms with Crippen LogP contribution in [0.15, 0.2) is 84.1 Å². The van der Waals surface area contributed by atoms with Crippen molar-refractivity contribution >= 4 is 22.3 Å². The lowest BCUT2D eigenvalue weighted by atomic mass is 10.1. The van der Waals surface area contributed by atoms with Crippen LogP contribution in [0.1, 0.15) is 12.0 Å². The summed E-state index contributed by atoms with van der Waals surface area (Å²) >= 11 is 0. The standard InChI is InChI=1S/C23H20N4/c1-2-7-18(8-3-1)23-25-14-16-27(23)15-6-13-24-22-19-11-4-9-17-10-5-12-20(26-22)21(17)19/h1-5,7-12,14,16H,6,13,15H2,(H,24,26). The summed E-state index contributed by atoms with van der Waals surface area (Å²) in [4.78, 5) is 9.35. The molecule has 0 fully saturated rings. The van der Waals surface area contributed by atoms with E-state index in [0.29, 0.717) is 0 Å². The van der Waals surface area contributed by atoms with E-state index in [0.717, 1.165) is 42.4 Å². The van der Waals surface area contributed by atoms with Gasteiger partial charge in [-0.15, -0.1) is 0 Å². The molecule has 0 amide bonds.